The maximum atomic E-state index is 14.0. The fraction of sp³-hybridized carbons (Fsp3) is 0.400. The molecule has 136 valence electrons. The van der Waals surface area contributed by atoms with Gasteiger partial charge in [-0.05, 0) is 23.6 Å². The molecule has 0 saturated carbocycles. The van der Waals surface area contributed by atoms with Crippen molar-refractivity contribution in [3.8, 4) is 23.6 Å². The van der Waals surface area contributed by atoms with Crippen LogP contribution in [0.4, 0.5) is 8.78 Å². The third kappa shape index (κ3) is 3.77. The number of hydrogen-bond acceptors (Lipinski definition) is 2. The first kappa shape index (κ1) is 18.1. The molecule has 1 aliphatic heterocycles. The van der Waals surface area contributed by atoms with Gasteiger partial charge >= 0.3 is 0 Å². The minimum absolute atomic E-state index is 0.110. The van der Waals surface area contributed by atoms with E-state index in [1.165, 1.54) is 4.90 Å². The lowest BCUT2D eigenvalue weighted by molar-refractivity contribution is -0.134. The largest absolute Gasteiger partial charge is 0.340 e. The highest BCUT2D eigenvalue weighted by Crippen LogP contribution is 2.41. The number of rotatable bonds is 4. The molecule has 0 aliphatic carbocycles. The number of nitrogens with zero attached hydrogens (tertiary/aromatic N) is 2. The number of likely N-dealkylation sites (tertiary alicyclic amines) is 1. The van der Waals surface area contributed by atoms with Crippen LogP contribution >= 0.6 is 0 Å². The Morgan fingerprint density at radius 2 is 2.12 bits per heavy atom. The zero-order chi connectivity index (χ0) is 18.9. The first-order valence-corrected chi connectivity index (χ1v) is 8.58. The smallest absolute Gasteiger partial charge is 0.267 e. The highest BCUT2D eigenvalue weighted by atomic mass is 19.3. The second-order valence-corrected chi connectivity index (χ2v) is 7.10. The molecule has 1 N–H and O–H groups in total. The van der Waals surface area contributed by atoms with Crippen molar-refractivity contribution in [3.05, 3.63) is 41.9 Å². The van der Waals surface area contributed by atoms with Crippen LogP contribution in [0.5, 0.6) is 0 Å². The van der Waals surface area contributed by atoms with E-state index >= 15 is 0 Å². The van der Waals surface area contributed by atoms with Gasteiger partial charge in [-0.2, -0.15) is 0 Å². The molecule has 3 rings (SSSR count). The molecule has 1 atom stereocenters. The van der Waals surface area contributed by atoms with Crippen LogP contribution in [-0.2, 0) is 4.79 Å². The van der Waals surface area contributed by atoms with E-state index in [1.54, 1.807) is 18.3 Å². The third-order valence-corrected chi connectivity index (χ3v) is 4.45. The second-order valence-electron chi connectivity index (χ2n) is 7.10. The summed E-state index contributed by atoms with van der Waals surface area (Å²) in [6.07, 6.45) is 6.78. The SMILES string of the molecule is C#Cc1ccc(-c2cnc(C3CC(F)(F)CN3C(=O)CC(C)C)[nH]2)cc1. The van der Waals surface area contributed by atoms with E-state index in [0.29, 0.717) is 11.5 Å². The number of aromatic nitrogens is 2. The Morgan fingerprint density at radius 3 is 2.73 bits per heavy atom. The summed E-state index contributed by atoms with van der Waals surface area (Å²) in [5, 5.41) is 0. The number of terminal acetylenes is 1. The molecule has 26 heavy (non-hydrogen) atoms. The van der Waals surface area contributed by atoms with E-state index in [1.807, 2.05) is 26.0 Å². The maximum Gasteiger partial charge on any atom is 0.267 e. The van der Waals surface area contributed by atoms with Crippen molar-refractivity contribution in [1.82, 2.24) is 14.9 Å². The number of benzene rings is 1. The number of carbonyl (C=O) groups excluding carboxylic acids is 1. The van der Waals surface area contributed by atoms with E-state index in [2.05, 4.69) is 15.9 Å². The van der Waals surface area contributed by atoms with Gasteiger partial charge in [0.05, 0.1) is 24.5 Å². The van der Waals surface area contributed by atoms with Gasteiger partial charge in [-0.3, -0.25) is 4.79 Å². The average Bonchev–Trinajstić information content (AvgIpc) is 3.18. The zero-order valence-corrected chi connectivity index (χ0v) is 14.8. The van der Waals surface area contributed by atoms with Crippen molar-refractivity contribution in [1.29, 1.82) is 0 Å². The van der Waals surface area contributed by atoms with Gasteiger partial charge in [-0.25, -0.2) is 13.8 Å². The molecule has 1 fully saturated rings. The molecule has 0 spiro atoms. The van der Waals surface area contributed by atoms with E-state index in [0.717, 1.165) is 11.1 Å². The molecule has 4 nitrogen and oxygen atoms in total. The lowest BCUT2D eigenvalue weighted by Crippen LogP contribution is -2.34. The number of amides is 1. The summed E-state index contributed by atoms with van der Waals surface area (Å²) in [7, 11) is 0. The van der Waals surface area contributed by atoms with Gasteiger partial charge < -0.3 is 9.88 Å². The molecule has 2 aromatic rings. The number of aromatic amines is 1. The molecule has 1 saturated heterocycles. The van der Waals surface area contributed by atoms with Gasteiger partial charge in [0.25, 0.3) is 5.92 Å². The number of carbonyl (C=O) groups is 1. The Balaban J connectivity index is 1.85. The van der Waals surface area contributed by atoms with Crippen molar-refractivity contribution >= 4 is 5.91 Å². The molecular formula is C20H21F2N3O. The van der Waals surface area contributed by atoms with Crippen LogP contribution in [0.1, 0.15) is 44.1 Å². The van der Waals surface area contributed by atoms with Crippen LogP contribution in [0, 0.1) is 18.3 Å². The van der Waals surface area contributed by atoms with E-state index in [-0.39, 0.29) is 18.2 Å². The topological polar surface area (TPSA) is 49.0 Å². The van der Waals surface area contributed by atoms with Crippen molar-refractivity contribution in [2.75, 3.05) is 6.54 Å². The first-order valence-electron chi connectivity index (χ1n) is 8.58. The van der Waals surface area contributed by atoms with Crippen LogP contribution < -0.4 is 0 Å². The minimum Gasteiger partial charge on any atom is -0.340 e. The van der Waals surface area contributed by atoms with Crippen LogP contribution in [0.25, 0.3) is 11.3 Å². The second kappa shape index (κ2) is 6.91. The Labute approximate surface area is 151 Å². The summed E-state index contributed by atoms with van der Waals surface area (Å²) < 4.78 is 28.0. The molecule has 6 heteroatoms. The van der Waals surface area contributed by atoms with Crippen molar-refractivity contribution < 1.29 is 13.6 Å². The van der Waals surface area contributed by atoms with E-state index in [9.17, 15) is 13.6 Å². The lowest BCUT2D eigenvalue weighted by Gasteiger charge is -2.23. The number of alkyl halides is 2. The number of hydrogen-bond donors (Lipinski definition) is 1. The van der Waals surface area contributed by atoms with Gasteiger partial charge in [-0.1, -0.05) is 31.9 Å². The van der Waals surface area contributed by atoms with Crippen LogP contribution in [0.2, 0.25) is 0 Å². The van der Waals surface area contributed by atoms with Gasteiger partial charge in [0.2, 0.25) is 5.91 Å². The summed E-state index contributed by atoms with van der Waals surface area (Å²) in [5.74, 6) is -0.129. The summed E-state index contributed by atoms with van der Waals surface area (Å²) in [6, 6.07) is 6.56. The first-order chi connectivity index (χ1) is 12.3. The third-order valence-electron chi connectivity index (χ3n) is 4.45. The summed E-state index contributed by atoms with van der Waals surface area (Å²) in [4.78, 5) is 21.0. The molecular weight excluding hydrogens is 336 g/mol. The minimum atomic E-state index is -2.90. The molecule has 1 unspecified atom stereocenters. The van der Waals surface area contributed by atoms with E-state index in [4.69, 9.17) is 6.42 Å². The molecule has 1 aromatic carbocycles. The Morgan fingerprint density at radius 1 is 1.42 bits per heavy atom. The fourth-order valence-electron chi connectivity index (χ4n) is 3.19. The van der Waals surface area contributed by atoms with Crippen molar-refractivity contribution in [3.63, 3.8) is 0 Å². The Kier molecular flexibility index (Phi) is 4.82. The summed E-state index contributed by atoms with van der Waals surface area (Å²) >= 11 is 0. The Bertz CT molecular complexity index is 833. The molecule has 0 bridgehead atoms. The predicted molar refractivity (Wildman–Crippen MR) is 95.4 cm³/mol. The van der Waals surface area contributed by atoms with Crippen molar-refractivity contribution in [2.45, 2.75) is 38.7 Å². The fourth-order valence-corrected chi connectivity index (χ4v) is 3.19. The predicted octanol–water partition coefficient (Wildman–Crippen LogP) is 4.01. The van der Waals surface area contributed by atoms with Crippen LogP contribution in [-0.4, -0.2) is 33.2 Å². The summed E-state index contributed by atoms with van der Waals surface area (Å²) in [6.45, 7) is 3.23. The number of nitrogens with one attached hydrogen (secondary N) is 1. The number of halogens is 2. The summed E-state index contributed by atoms with van der Waals surface area (Å²) in [5.41, 5.74) is 2.32. The molecule has 0 radical (unpaired) electrons. The molecule has 1 aromatic heterocycles. The normalized spacial score (nSPS) is 18.9. The highest BCUT2D eigenvalue weighted by Gasteiger charge is 2.48. The Hall–Kier alpha value is -2.68. The lowest BCUT2D eigenvalue weighted by atomic mass is 10.1. The van der Waals surface area contributed by atoms with Gasteiger partial charge in [0.15, 0.2) is 0 Å². The van der Waals surface area contributed by atoms with Gasteiger partial charge in [-0.15, -0.1) is 6.42 Å². The van der Waals surface area contributed by atoms with Crippen molar-refractivity contribution in [2.24, 2.45) is 5.92 Å². The van der Waals surface area contributed by atoms with Gasteiger partial charge in [0, 0.05) is 18.4 Å². The highest BCUT2D eigenvalue weighted by molar-refractivity contribution is 5.77. The number of H-pyrrole nitrogens is 1. The molecule has 1 aliphatic rings. The monoisotopic (exact) mass is 357 g/mol. The van der Waals surface area contributed by atoms with Gasteiger partial charge in [0.1, 0.15) is 5.82 Å². The quantitative estimate of drug-likeness (QED) is 0.841. The standard InChI is InChI=1S/C20H21F2N3O/c1-4-14-5-7-15(8-6-14)16-11-23-19(24-16)17-10-20(21,22)12-25(17)18(26)9-13(2)3/h1,5-8,11,13,17H,9-10,12H2,2-3H3,(H,23,24). The maximum absolute atomic E-state index is 14.0. The zero-order valence-electron chi connectivity index (χ0n) is 14.8. The van der Waals surface area contributed by atoms with Crippen LogP contribution in [0.15, 0.2) is 30.5 Å². The van der Waals surface area contributed by atoms with E-state index < -0.39 is 24.9 Å². The molecule has 2 heterocycles. The average molecular weight is 357 g/mol. The number of imidazole rings is 1. The van der Waals surface area contributed by atoms with Crippen LogP contribution in [0.3, 0.4) is 0 Å². The molecule has 1 amide bonds.